The number of carbonyl (C=O) groups excluding carboxylic acids is 1. The maximum atomic E-state index is 10.6. The van der Waals surface area contributed by atoms with E-state index < -0.39 is 0 Å². The quantitative estimate of drug-likeness (QED) is 0.586. The van der Waals surface area contributed by atoms with Gasteiger partial charge in [0.15, 0.2) is 0 Å². The summed E-state index contributed by atoms with van der Waals surface area (Å²) in [4.78, 5) is 10.6. The van der Waals surface area contributed by atoms with Gasteiger partial charge < -0.3 is 4.74 Å². The third-order valence-electron chi connectivity index (χ3n) is 2.19. The summed E-state index contributed by atoms with van der Waals surface area (Å²) in [5, 5.41) is 0. The maximum absolute atomic E-state index is 10.6. The minimum atomic E-state index is 0.650. The lowest BCUT2D eigenvalue weighted by Crippen LogP contribution is -2.11. The van der Waals surface area contributed by atoms with Crippen LogP contribution in [-0.2, 0) is 17.8 Å². The predicted molar refractivity (Wildman–Crippen MR) is 45.2 cm³/mol. The lowest BCUT2D eigenvalue weighted by molar-refractivity contribution is 0.107. The number of fused-ring (bicyclic) bond motifs is 1. The highest BCUT2D eigenvalue weighted by Crippen LogP contribution is 2.19. The Bertz CT molecular complexity index is 305. The van der Waals surface area contributed by atoms with Crippen molar-refractivity contribution in [2.45, 2.75) is 13.0 Å². The molecule has 0 aromatic heterocycles. The van der Waals surface area contributed by atoms with Gasteiger partial charge in [0.25, 0.3) is 0 Å². The van der Waals surface area contributed by atoms with Crippen molar-refractivity contribution in [2.24, 2.45) is 0 Å². The molecule has 0 bridgehead atoms. The van der Waals surface area contributed by atoms with Crippen LogP contribution in [0, 0.1) is 0 Å². The number of hydrogen-bond donors (Lipinski definition) is 0. The molecule has 0 aliphatic carbocycles. The first-order chi connectivity index (χ1) is 5.92. The highest BCUT2D eigenvalue weighted by Gasteiger charge is 2.11. The second-order valence-corrected chi connectivity index (χ2v) is 2.91. The smallest absolute Gasteiger partial charge is 0.150 e. The topological polar surface area (TPSA) is 26.3 Å². The highest BCUT2D eigenvalue weighted by atomic mass is 16.5. The molecule has 1 aliphatic heterocycles. The van der Waals surface area contributed by atoms with Crippen molar-refractivity contribution in [3.63, 3.8) is 0 Å². The molecule has 0 spiro atoms. The normalized spacial score (nSPS) is 15.3. The van der Waals surface area contributed by atoms with Crippen LogP contribution in [0.4, 0.5) is 0 Å². The van der Waals surface area contributed by atoms with E-state index >= 15 is 0 Å². The van der Waals surface area contributed by atoms with Gasteiger partial charge in [-0.3, -0.25) is 4.79 Å². The number of ether oxygens (including phenoxy) is 1. The summed E-state index contributed by atoms with van der Waals surface area (Å²) in [7, 11) is 0. The Morgan fingerprint density at radius 3 is 3.17 bits per heavy atom. The van der Waals surface area contributed by atoms with Crippen molar-refractivity contribution in [1.82, 2.24) is 0 Å². The summed E-state index contributed by atoms with van der Waals surface area (Å²) in [5.74, 6) is 0. The zero-order valence-electron chi connectivity index (χ0n) is 6.75. The largest absolute Gasteiger partial charge is 0.376 e. The molecule has 1 aromatic rings. The van der Waals surface area contributed by atoms with Gasteiger partial charge in [0.05, 0.1) is 13.2 Å². The molecule has 1 heterocycles. The van der Waals surface area contributed by atoms with Crippen LogP contribution in [-0.4, -0.2) is 12.9 Å². The van der Waals surface area contributed by atoms with Gasteiger partial charge in [-0.1, -0.05) is 18.2 Å². The van der Waals surface area contributed by atoms with E-state index in [1.165, 1.54) is 5.56 Å². The molecule has 2 heteroatoms. The molecule has 2 nitrogen and oxygen atoms in total. The zero-order chi connectivity index (χ0) is 8.39. The number of hydrogen-bond acceptors (Lipinski definition) is 2. The summed E-state index contributed by atoms with van der Waals surface area (Å²) >= 11 is 0. The van der Waals surface area contributed by atoms with Crippen LogP contribution in [0.15, 0.2) is 18.2 Å². The Hall–Kier alpha value is -1.15. The van der Waals surface area contributed by atoms with E-state index in [9.17, 15) is 4.79 Å². The third kappa shape index (κ3) is 1.14. The van der Waals surface area contributed by atoms with Gasteiger partial charge in [0.2, 0.25) is 0 Å². The minimum Gasteiger partial charge on any atom is -0.376 e. The van der Waals surface area contributed by atoms with Crippen LogP contribution >= 0.6 is 0 Å². The summed E-state index contributed by atoms with van der Waals surface area (Å²) in [6.07, 6.45) is 1.79. The molecule has 12 heavy (non-hydrogen) atoms. The molecule has 0 fully saturated rings. The second-order valence-electron chi connectivity index (χ2n) is 2.91. The van der Waals surface area contributed by atoms with E-state index in [-0.39, 0.29) is 0 Å². The van der Waals surface area contributed by atoms with E-state index in [4.69, 9.17) is 4.74 Å². The molecule has 1 aromatic carbocycles. The van der Waals surface area contributed by atoms with Crippen molar-refractivity contribution < 1.29 is 9.53 Å². The summed E-state index contributed by atoms with van der Waals surface area (Å²) < 4.78 is 5.28. The average molecular weight is 162 g/mol. The van der Waals surface area contributed by atoms with Gasteiger partial charge in [-0.05, 0) is 17.5 Å². The van der Waals surface area contributed by atoms with Gasteiger partial charge in [0, 0.05) is 5.56 Å². The molecule has 2 rings (SSSR count). The number of rotatable bonds is 1. The first kappa shape index (κ1) is 7.50. The van der Waals surface area contributed by atoms with Crippen LogP contribution in [0.5, 0.6) is 0 Å². The third-order valence-corrected chi connectivity index (χ3v) is 2.19. The standard InChI is InChI=1S/C10H10O2/c11-6-8-2-1-3-9-7-12-5-4-10(8)9/h1-3,6H,4-5,7H2. The fraction of sp³-hybridized carbons (Fsp3) is 0.300. The van der Waals surface area contributed by atoms with Crippen LogP contribution in [0.2, 0.25) is 0 Å². The first-order valence-corrected chi connectivity index (χ1v) is 4.05. The van der Waals surface area contributed by atoms with Crippen LogP contribution in [0.3, 0.4) is 0 Å². The van der Waals surface area contributed by atoms with E-state index in [0.717, 1.165) is 30.4 Å². The Morgan fingerprint density at radius 2 is 2.33 bits per heavy atom. The van der Waals surface area contributed by atoms with Crippen molar-refractivity contribution in [3.05, 3.63) is 34.9 Å². The molecule has 0 atom stereocenters. The van der Waals surface area contributed by atoms with Gasteiger partial charge >= 0.3 is 0 Å². The molecule has 0 unspecified atom stereocenters. The Labute approximate surface area is 71.2 Å². The van der Waals surface area contributed by atoms with Gasteiger partial charge in [-0.25, -0.2) is 0 Å². The lowest BCUT2D eigenvalue weighted by Gasteiger charge is -2.17. The van der Waals surface area contributed by atoms with Crippen LogP contribution in [0.25, 0.3) is 0 Å². The summed E-state index contributed by atoms with van der Waals surface area (Å²) in [6, 6.07) is 5.77. The zero-order valence-corrected chi connectivity index (χ0v) is 6.75. The molecule has 0 amide bonds. The fourth-order valence-corrected chi connectivity index (χ4v) is 1.56. The second kappa shape index (κ2) is 3.07. The van der Waals surface area contributed by atoms with Crippen molar-refractivity contribution in [3.8, 4) is 0 Å². The molecular weight excluding hydrogens is 152 g/mol. The monoisotopic (exact) mass is 162 g/mol. The molecule has 0 radical (unpaired) electrons. The Balaban J connectivity index is 2.51. The van der Waals surface area contributed by atoms with Gasteiger partial charge in [-0.15, -0.1) is 0 Å². The maximum Gasteiger partial charge on any atom is 0.150 e. The average Bonchev–Trinajstić information content (AvgIpc) is 2.17. The van der Waals surface area contributed by atoms with Gasteiger partial charge in [0.1, 0.15) is 6.29 Å². The van der Waals surface area contributed by atoms with Crippen molar-refractivity contribution >= 4 is 6.29 Å². The van der Waals surface area contributed by atoms with E-state index in [2.05, 4.69) is 0 Å². The first-order valence-electron chi connectivity index (χ1n) is 4.05. The highest BCUT2D eigenvalue weighted by molar-refractivity contribution is 5.78. The predicted octanol–water partition coefficient (Wildman–Crippen LogP) is 1.57. The molecule has 0 N–H and O–H groups in total. The van der Waals surface area contributed by atoms with Crippen molar-refractivity contribution in [1.29, 1.82) is 0 Å². The van der Waals surface area contributed by atoms with Gasteiger partial charge in [-0.2, -0.15) is 0 Å². The van der Waals surface area contributed by atoms with E-state index in [1.807, 2.05) is 18.2 Å². The molecule has 62 valence electrons. The molecule has 1 aliphatic rings. The minimum absolute atomic E-state index is 0.650. The molecular formula is C10H10O2. The Kier molecular flexibility index (Phi) is 1.92. The van der Waals surface area contributed by atoms with E-state index in [0.29, 0.717) is 6.61 Å². The van der Waals surface area contributed by atoms with Crippen LogP contribution in [0.1, 0.15) is 21.5 Å². The van der Waals surface area contributed by atoms with E-state index in [1.54, 1.807) is 0 Å². The number of carbonyl (C=O) groups is 1. The lowest BCUT2D eigenvalue weighted by atomic mass is 9.98. The molecule has 0 saturated heterocycles. The molecule has 0 saturated carbocycles. The Morgan fingerprint density at radius 1 is 1.42 bits per heavy atom. The number of aldehydes is 1. The fourth-order valence-electron chi connectivity index (χ4n) is 1.56. The SMILES string of the molecule is O=Cc1cccc2c1CCOC2. The van der Waals surface area contributed by atoms with Crippen molar-refractivity contribution in [2.75, 3.05) is 6.61 Å². The summed E-state index contributed by atoms with van der Waals surface area (Å²) in [5.41, 5.74) is 3.14. The summed E-state index contributed by atoms with van der Waals surface area (Å²) in [6.45, 7) is 1.38. The number of benzene rings is 1. The van der Waals surface area contributed by atoms with Crippen LogP contribution < -0.4 is 0 Å².